The molecule has 21 heavy (non-hydrogen) atoms. The average molecular weight is 288 g/mol. The molecule has 5 nitrogen and oxygen atoms in total. The molecule has 0 bridgehead atoms. The van der Waals surface area contributed by atoms with Crippen molar-refractivity contribution in [3.05, 3.63) is 53.6 Å². The summed E-state index contributed by atoms with van der Waals surface area (Å²) in [6, 6.07) is 11.1. The lowest BCUT2D eigenvalue weighted by atomic mass is 10.1. The molecule has 0 atom stereocenters. The predicted molar refractivity (Wildman–Crippen MR) is 77.0 cm³/mol. The number of phenolic OH excluding ortho intramolecular Hbond substituents is 1. The molecule has 0 amide bonds. The van der Waals surface area contributed by atoms with Crippen LogP contribution in [0.25, 0.3) is 0 Å². The summed E-state index contributed by atoms with van der Waals surface area (Å²) in [6.07, 6.45) is 1.13. The molecule has 0 unspecified atom stereocenters. The van der Waals surface area contributed by atoms with Crippen molar-refractivity contribution in [1.29, 1.82) is 0 Å². The third kappa shape index (κ3) is 3.73. The van der Waals surface area contributed by atoms with Crippen LogP contribution < -0.4 is 4.74 Å². The molecule has 0 spiro atoms. The Morgan fingerprint density at radius 2 is 1.90 bits per heavy atom. The summed E-state index contributed by atoms with van der Waals surface area (Å²) in [4.78, 5) is 11.1. The number of benzene rings is 2. The zero-order valence-electron chi connectivity index (χ0n) is 11.3. The molecule has 0 saturated heterocycles. The number of ether oxygens (including phenoxy) is 1. The van der Waals surface area contributed by atoms with Crippen molar-refractivity contribution in [2.75, 3.05) is 6.61 Å². The van der Waals surface area contributed by atoms with Crippen LogP contribution in [0.2, 0.25) is 0 Å². The van der Waals surface area contributed by atoms with E-state index >= 15 is 0 Å². The maximum Gasteiger partial charge on any atom is 0.339 e. The molecular weight excluding hydrogens is 272 g/mol. The van der Waals surface area contributed by atoms with Crippen LogP contribution in [0.3, 0.4) is 0 Å². The van der Waals surface area contributed by atoms with Crippen LogP contribution in [0.15, 0.2) is 42.5 Å². The second-order valence-electron chi connectivity index (χ2n) is 4.52. The third-order valence-electron chi connectivity index (χ3n) is 3.01. The fourth-order valence-corrected chi connectivity index (χ4v) is 1.95. The highest BCUT2D eigenvalue weighted by atomic mass is 16.5. The minimum Gasteiger partial charge on any atom is -0.508 e. The van der Waals surface area contributed by atoms with E-state index in [4.69, 9.17) is 14.9 Å². The van der Waals surface area contributed by atoms with Crippen LogP contribution in [-0.2, 0) is 6.42 Å². The lowest BCUT2D eigenvalue weighted by molar-refractivity contribution is 0.0694. The Labute approximate surface area is 122 Å². The molecule has 0 saturated carbocycles. The van der Waals surface area contributed by atoms with Crippen molar-refractivity contribution in [1.82, 2.24) is 0 Å². The number of para-hydroxylation sites is 1. The first kappa shape index (κ1) is 14.9. The number of hydrogen-bond donors (Lipinski definition) is 3. The third-order valence-corrected chi connectivity index (χ3v) is 3.01. The van der Waals surface area contributed by atoms with Gasteiger partial charge in [-0.1, -0.05) is 18.2 Å². The van der Waals surface area contributed by atoms with Crippen molar-refractivity contribution >= 4 is 5.97 Å². The molecule has 0 radical (unpaired) electrons. The summed E-state index contributed by atoms with van der Waals surface area (Å²) < 4.78 is 5.52. The number of aliphatic hydroxyl groups excluding tert-OH is 1. The minimum absolute atomic E-state index is 0.0568. The van der Waals surface area contributed by atoms with Crippen LogP contribution in [0.4, 0.5) is 0 Å². The Bertz CT molecular complexity index is 636. The summed E-state index contributed by atoms with van der Waals surface area (Å²) in [7, 11) is 0. The minimum atomic E-state index is -1.07. The highest BCUT2D eigenvalue weighted by molar-refractivity contribution is 5.90. The number of hydrogen-bond acceptors (Lipinski definition) is 4. The van der Waals surface area contributed by atoms with Gasteiger partial charge in [0.05, 0.1) is 0 Å². The van der Waals surface area contributed by atoms with Crippen molar-refractivity contribution in [2.45, 2.75) is 12.8 Å². The number of carboxylic acids is 1. The Balaban J connectivity index is 2.21. The quantitative estimate of drug-likeness (QED) is 0.761. The van der Waals surface area contributed by atoms with Gasteiger partial charge >= 0.3 is 5.97 Å². The van der Waals surface area contributed by atoms with Gasteiger partial charge in [0.15, 0.2) is 0 Å². The largest absolute Gasteiger partial charge is 0.508 e. The molecule has 0 aliphatic heterocycles. The first-order valence-electron chi connectivity index (χ1n) is 6.54. The highest BCUT2D eigenvalue weighted by Crippen LogP contribution is 2.30. The smallest absolute Gasteiger partial charge is 0.339 e. The van der Waals surface area contributed by atoms with E-state index in [-0.39, 0.29) is 23.7 Å². The SMILES string of the molecule is O=C(O)c1ccccc1Oc1ccc(CCCO)c(O)c1. The summed E-state index contributed by atoms with van der Waals surface area (Å²) in [6.45, 7) is 0.0592. The summed E-state index contributed by atoms with van der Waals surface area (Å²) in [5.74, 6) is -0.440. The molecular formula is C16H16O5. The van der Waals surface area contributed by atoms with Gasteiger partial charge in [-0.25, -0.2) is 4.79 Å². The number of carbonyl (C=O) groups is 1. The van der Waals surface area contributed by atoms with E-state index in [9.17, 15) is 9.90 Å². The Morgan fingerprint density at radius 1 is 1.14 bits per heavy atom. The fourth-order valence-electron chi connectivity index (χ4n) is 1.95. The van der Waals surface area contributed by atoms with Crippen LogP contribution in [-0.4, -0.2) is 27.9 Å². The molecule has 5 heteroatoms. The highest BCUT2D eigenvalue weighted by Gasteiger charge is 2.11. The number of aliphatic hydroxyl groups is 1. The van der Waals surface area contributed by atoms with Crippen molar-refractivity contribution < 1.29 is 24.9 Å². The number of aromatic carboxylic acids is 1. The van der Waals surface area contributed by atoms with Crippen LogP contribution in [0.5, 0.6) is 17.2 Å². The first-order chi connectivity index (χ1) is 10.1. The summed E-state index contributed by atoms with van der Waals surface area (Å²) in [5, 5.41) is 27.8. The topological polar surface area (TPSA) is 87.0 Å². The van der Waals surface area contributed by atoms with E-state index in [1.54, 1.807) is 30.3 Å². The Kier molecular flexibility index (Phi) is 4.79. The van der Waals surface area contributed by atoms with Gasteiger partial charge in [0, 0.05) is 12.7 Å². The number of rotatable bonds is 6. The zero-order chi connectivity index (χ0) is 15.2. The number of aromatic hydroxyl groups is 1. The first-order valence-corrected chi connectivity index (χ1v) is 6.54. The van der Waals surface area contributed by atoms with E-state index in [1.807, 2.05) is 0 Å². The second kappa shape index (κ2) is 6.76. The number of phenols is 1. The second-order valence-corrected chi connectivity index (χ2v) is 4.52. The van der Waals surface area contributed by atoms with Gasteiger partial charge in [0.2, 0.25) is 0 Å². The van der Waals surface area contributed by atoms with Crippen molar-refractivity contribution in [3.8, 4) is 17.2 Å². The van der Waals surface area contributed by atoms with Gasteiger partial charge in [-0.3, -0.25) is 0 Å². The van der Waals surface area contributed by atoms with Gasteiger partial charge in [-0.15, -0.1) is 0 Å². The van der Waals surface area contributed by atoms with Gasteiger partial charge in [-0.2, -0.15) is 0 Å². The molecule has 0 aliphatic rings. The Morgan fingerprint density at radius 3 is 2.57 bits per heavy atom. The zero-order valence-corrected chi connectivity index (χ0v) is 11.3. The molecule has 0 heterocycles. The van der Waals surface area contributed by atoms with E-state index in [1.165, 1.54) is 12.1 Å². The summed E-state index contributed by atoms with van der Waals surface area (Å²) >= 11 is 0. The number of carboxylic acid groups (broad SMARTS) is 1. The van der Waals surface area contributed by atoms with E-state index < -0.39 is 5.97 Å². The average Bonchev–Trinajstić information content (AvgIpc) is 2.47. The number of aryl methyl sites for hydroxylation is 1. The molecule has 2 aromatic rings. The monoisotopic (exact) mass is 288 g/mol. The molecule has 110 valence electrons. The van der Waals surface area contributed by atoms with E-state index in [0.29, 0.717) is 24.2 Å². The lowest BCUT2D eigenvalue weighted by Gasteiger charge is -2.10. The van der Waals surface area contributed by atoms with Crippen LogP contribution in [0.1, 0.15) is 22.3 Å². The van der Waals surface area contributed by atoms with Crippen LogP contribution in [0, 0.1) is 0 Å². The van der Waals surface area contributed by atoms with Crippen molar-refractivity contribution in [3.63, 3.8) is 0 Å². The fraction of sp³-hybridized carbons (Fsp3) is 0.188. The maximum atomic E-state index is 11.1. The predicted octanol–water partition coefficient (Wildman–Crippen LogP) is 2.81. The van der Waals surface area contributed by atoms with Gasteiger partial charge < -0.3 is 20.1 Å². The standard InChI is InChI=1S/C16H16O5/c17-9-3-4-11-7-8-12(10-14(11)18)21-15-6-2-1-5-13(15)16(19)20/h1-2,5-8,10,17-18H,3-4,9H2,(H,19,20). The normalized spacial score (nSPS) is 10.3. The molecule has 3 N–H and O–H groups in total. The van der Waals surface area contributed by atoms with Crippen molar-refractivity contribution in [2.24, 2.45) is 0 Å². The molecule has 2 aromatic carbocycles. The molecule has 0 aromatic heterocycles. The maximum absolute atomic E-state index is 11.1. The van der Waals surface area contributed by atoms with Gasteiger partial charge in [0.1, 0.15) is 22.8 Å². The molecule has 0 fully saturated rings. The lowest BCUT2D eigenvalue weighted by Crippen LogP contribution is -1.99. The molecule has 2 rings (SSSR count). The summed E-state index contributed by atoms with van der Waals surface area (Å²) in [5.41, 5.74) is 0.768. The Hall–Kier alpha value is -2.53. The van der Waals surface area contributed by atoms with E-state index in [0.717, 1.165) is 0 Å². The molecule has 0 aliphatic carbocycles. The van der Waals surface area contributed by atoms with Crippen LogP contribution >= 0.6 is 0 Å². The van der Waals surface area contributed by atoms with E-state index in [2.05, 4.69) is 0 Å². The van der Waals surface area contributed by atoms with Gasteiger partial charge in [-0.05, 0) is 36.6 Å². The van der Waals surface area contributed by atoms with Gasteiger partial charge in [0.25, 0.3) is 0 Å².